The lowest BCUT2D eigenvalue weighted by Gasteiger charge is -2.24. The fraction of sp³-hybridized carbons (Fsp3) is 0.423. The highest BCUT2D eigenvalue weighted by Crippen LogP contribution is 2.44. The van der Waals surface area contributed by atoms with Gasteiger partial charge >= 0.3 is 6.09 Å². The molecule has 3 amide bonds. The van der Waals surface area contributed by atoms with Gasteiger partial charge in [-0.15, -0.1) is 11.8 Å². The molecule has 0 saturated heterocycles. The second-order valence-corrected chi connectivity index (χ2v) is 9.91. The Kier molecular flexibility index (Phi) is 9.56. The molecule has 0 aromatic heterocycles. The number of fused-ring (bicyclic) bond motifs is 3. The molecule has 35 heavy (non-hydrogen) atoms. The molecule has 8 nitrogen and oxygen atoms in total. The molecule has 0 spiro atoms. The fourth-order valence-electron chi connectivity index (χ4n) is 4.10. The number of nitrogens with two attached hydrogens (primary N) is 1. The minimum atomic E-state index is -0.840. The summed E-state index contributed by atoms with van der Waals surface area (Å²) in [4.78, 5) is 37.7. The van der Waals surface area contributed by atoms with E-state index >= 15 is 0 Å². The van der Waals surface area contributed by atoms with Crippen molar-refractivity contribution in [3.8, 4) is 11.1 Å². The lowest BCUT2D eigenvalue weighted by molar-refractivity contribution is -0.130. The summed E-state index contributed by atoms with van der Waals surface area (Å²) in [5.74, 6) is 0.144. The summed E-state index contributed by atoms with van der Waals surface area (Å²) >= 11 is 1.50. The molecule has 2 aromatic rings. The van der Waals surface area contributed by atoms with Crippen molar-refractivity contribution in [2.45, 2.75) is 38.8 Å². The molecular formula is C26H34N4O4S. The SMILES string of the molecule is CC(C)[C@H](NC(=O)OCC1c2ccccc2-c2ccccc21)C(=O)N[C@@H](C)C(=O)NCSCCN. The monoisotopic (exact) mass is 498 g/mol. The maximum atomic E-state index is 12.8. The highest BCUT2D eigenvalue weighted by atomic mass is 32.2. The predicted molar refractivity (Wildman–Crippen MR) is 139 cm³/mol. The van der Waals surface area contributed by atoms with Gasteiger partial charge in [0.15, 0.2) is 0 Å². The van der Waals surface area contributed by atoms with E-state index < -0.39 is 24.1 Å². The summed E-state index contributed by atoms with van der Waals surface area (Å²) in [6, 6.07) is 14.6. The fourth-order valence-corrected chi connectivity index (χ4v) is 4.66. The van der Waals surface area contributed by atoms with Gasteiger partial charge in [0.1, 0.15) is 18.7 Å². The van der Waals surface area contributed by atoms with Crippen molar-refractivity contribution in [2.75, 3.05) is 24.8 Å². The number of hydrogen-bond donors (Lipinski definition) is 4. The average molecular weight is 499 g/mol. The van der Waals surface area contributed by atoms with Crippen molar-refractivity contribution in [3.63, 3.8) is 0 Å². The van der Waals surface area contributed by atoms with Gasteiger partial charge in [-0.05, 0) is 35.1 Å². The Morgan fingerprint density at radius 3 is 2.11 bits per heavy atom. The first-order valence-corrected chi connectivity index (χ1v) is 13.0. The average Bonchev–Trinajstić information content (AvgIpc) is 3.17. The second-order valence-electron chi connectivity index (χ2n) is 8.80. The van der Waals surface area contributed by atoms with Crippen LogP contribution in [0.5, 0.6) is 0 Å². The molecule has 2 atom stereocenters. The maximum Gasteiger partial charge on any atom is 0.407 e. The number of benzene rings is 2. The first-order chi connectivity index (χ1) is 16.8. The van der Waals surface area contributed by atoms with Gasteiger partial charge < -0.3 is 26.4 Å². The van der Waals surface area contributed by atoms with Gasteiger partial charge in [-0.25, -0.2) is 4.79 Å². The molecule has 0 radical (unpaired) electrons. The predicted octanol–water partition coefficient (Wildman–Crippen LogP) is 2.82. The Bertz CT molecular complexity index is 1000. The van der Waals surface area contributed by atoms with E-state index in [0.717, 1.165) is 28.0 Å². The van der Waals surface area contributed by atoms with Crippen LogP contribution in [0.15, 0.2) is 48.5 Å². The highest BCUT2D eigenvalue weighted by Gasteiger charge is 2.31. The van der Waals surface area contributed by atoms with Crippen LogP contribution in [-0.2, 0) is 14.3 Å². The number of carbonyl (C=O) groups excluding carboxylic acids is 3. The van der Waals surface area contributed by atoms with Crippen molar-refractivity contribution >= 4 is 29.7 Å². The molecule has 188 valence electrons. The number of nitrogens with one attached hydrogen (secondary N) is 3. The Labute approximate surface area is 210 Å². The largest absolute Gasteiger partial charge is 0.449 e. The lowest BCUT2D eigenvalue weighted by atomic mass is 9.98. The number of thioether (sulfide) groups is 1. The van der Waals surface area contributed by atoms with Gasteiger partial charge in [0.05, 0.1) is 5.88 Å². The molecule has 1 aliphatic carbocycles. The number of carbonyl (C=O) groups is 3. The second kappa shape index (κ2) is 12.6. The molecule has 0 unspecified atom stereocenters. The zero-order chi connectivity index (χ0) is 25.4. The summed E-state index contributed by atoms with van der Waals surface area (Å²) in [7, 11) is 0. The highest BCUT2D eigenvalue weighted by molar-refractivity contribution is 7.99. The molecular weight excluding hydrogens is 464 g/mol. The van der Waals surface area contributed by atoms with E-state index in [4.69, 9.17) is 10.5 Å². The van der Waals surface area contributed by atoms with E-state index in [9.17, 15) is 14.4 Å². The Morgan fingerprint density at radius 1 is 0.943 bits per heavy atom. The third-order valence-electron chi connectivity index (χ3n) is 5.93. The zero-order valence-corrected chi connectivity index (χ0v) is 21.2. The van der Waals surface area contributed by atoms with Crippen LogP contribution in [0.3, 0.4) is 0 Å². The van der Waals surface area contributed by atoms with Crippen molar-refractivity contribution < 1.29 is 19.1 Å². The van der Waals surface area contributed by atoms with Gasteiger partial charge in [-0.3, -0.25) is 9.59 Å². The van der Waals surface area contributed by atoms with Gasteiger partial charge in [0.25, 0.3) is 0 Å². The molecule has 0 heterocycles. The summed E-state index contributed by atoms with van der Waals surface area (Å²) in [6.45, 7) is 5.94. The molecule has 9 heteroatoms. The van der Waals surface area contributed by atoms with Crippen LogP contribution in [0.25, 0.3) is 11.1 Å². The number of alkyl carbamates (subject to hydrolysis) is 1. The number of rotatable bonds is 11. The summed E-state index contributed by atoms with van der Waals surface area (Å²) in [5, 5.41) is 8.09. The molecule has 1 aliphatic rings. The molecule has 5 N–H and O–H groups in total. The van der Waals surface area contributed by atoms with Crippen LogP contribution in [0.1, 0.15) is 37.8 Å². The van der Waals surface area contributed by atoms with Crippen molar-refractivity contribution in [2.24, 2.45) is 11.7 Å². The minimum absolute atomic E-state index is 0.0691. The van der Waals surface area contributed by atoms with E-state index in [1.165, 1.54) is 11.8 Å². The smallest absolute Gasteiger partial charge is 0.407 e. The zero-order valence-electron chi connectivity index (χ0n) is 20.4. The molecule has 0 fully saturated rings. The third kappa shape index (κ3) is 6.76. The molecule has 0 aliphatic heterocycles. The van der Waals surface area contributed by atoms with Crippen molar-refractivity contribution in [1.29, 1.82) is 0 Å². The van der Waals surface area contributed by atoms with Gasteiger partial charge in [-0.2, -0.15) is 0 Å². The number of amides is 3. The molecule has 0 saturated carbocycles. The Balaban J connectivity index is 1.56. The van der Waals surface area contributed by atoms with Crippen LogP contribution in [0.2, 0.25) is 0 Å². The Morgan fingerprint density at radius 2 is 1.54 bits per heavy atom. The summed E-state index contributed by atoms with van der Waals surface area (Å²) < 4.78 is 5.58. The normalized spacial score (nSPS) is 14.0. The van der Waals surface area contributed by atoms with Gasteiger partial charge in [0.2, 0.25) is 11.8 Å². The first-order valence-electron chi connectivity index (χ1n) is 11.8. The minimum Gasteiger partial charge on any atom is -0.449 e. The van der Waals surface area contributed by atoms with Crippen molar-refractivity contribution in [1.82, 2.24) is 16.0 Å². The topological polar surface area (TPSA) is 123 Å². The van der Waals surface area contributed by atoms with E-state index in [1.807, 2.05) is 50.2 Å². The van der Waals surface area contributed by atoms with E-state index in [-0.39, 0.29) is 24.3 Å². The van der Waals surface area contributed by atoms with E-state index in [2.05, 4.69) is 28.1 Å². The van der Waals surface area contributed by atoms with Gasteiger partial charge in [0, 0.05) is 18.2 Å². The van der Waals surface area contributed by atoms with Gasteiger partial charge in [-0.1, -0.05) is 62.4 Å². The summed E-state index contributed by atoms with van der Waals surface area (Å²) in [5.41, 5.74) is 9.95. The van der Waals surface area contributed by atoms with Crippen LogP contribution in [0, 0.1) is 5.92 Å². The standard InChI is InChI=1S/C26H34N4O4S/c1-16(2)23(25(32)29-17(3)24(31)28-15-35-13-12-27)30-26(33)34-14-22-20-10-6-4-8-18(20)19-9-5-7-11-21(19)22/h4-11,16-17,22-23H,12-15,27H2,1-3H3,(H,28,31)(H,29,32)(H,30,33)/t17-,23-/m0/s1. The van der Waals surface area contributed by atoms with E-state index in [0.29, 0.717) is 12.4 Å². The van der Waals surface area contributed by atoms with Crippen molar-refractivity contribution in [3.05, 3.63) is 59.7 Å². The first kappa shape index (κ1) is 26.6. The quantitative estimate of drug-likeness (QED) is 0.279. The van der Waals surface area contributed by atoms with Crippen LogP contribution in [0.4, 0.5) is 4.79 Å². The molecule has 3 rings (SSSR count). The lowest BCUT2D eigenvalue weighted by Crippen LogP contribution is -2.54. The number of ether oxygens (including phenoxy) is 1. The third-order valence-corrected chi connectivity index (χ3v) is 6.80. The van der Waals surface area contributed by atoms with Crippen LogP contribution in [-0.4, -0.2) is 54.8 Å². The maximum absolute atomic E-state index is 12.8. The molecule has 0 bridgehead atoms. The van der Waals surface area contributed by atoms with Crippen LogP contribution >= 0.6 is 11.8 Å². The summed E-state index contributed by atoms with van der Waals surface area (Å²) in [6.07, 6.45) is -0.670. The number of hydrogen-bond acceptors (Lipinski definition) is 6. The van der Waals surface area contributed by atoms with E-state index in [1.54, 1.807) is 6.92 Å². The molecule has 2 aromatic carbocycles. The Hall–Kier alpha value is -3.04. The van der Waals surface area contributed by atoms with Crippen LogP contribution < -0.4 is 21.7 Å².